The molecule has 0 unspecified atom stereocenters. The number of primary amides is 1. The summed E-state index contributed by atoms with van der Waals surface area (Å²) in [6, 6.07) is 18.6. The van der Waals surface area contributed by atoms with Crippen molar-refractivity contribution in [3.63, 3.8) is 0 Å². The van der Waals surface area contributed by atoms with Gasteiger partial charge in [-0.3, -0.25) is 19.3 Å². The Hall–Kier alpha value is -3.94. The second kappa shape index (κ2) is 9.05. The topological polar surface area (TPSA) is 106 Å². The van der Waals surface area contributed by atoms with E-state index in [9.17, 15) is 9.59 Å². The molecule has 1 aliphatic heterocycles. The van der Waals surface area contributed by atoms with Gasteiger partial charge in [0.2, 0.25) is 5.91 Å². The number of amides is 2. The summed E-state index contributed by atoms with van der Waals surface area (Å²) >= 11 is 0. The molecule has 1 aromatic heterocycles. The van der Waals surface area contributed by atoms with E-state index >= 15 is 0 Å². The van der Waals surface area contributed by atoms with Crippen molar-refractivity contribution in [1.82, 2.24) is 15.1 Å². The van der Waals surface area contributed by atoms with Crippen LogP contribution in [0.25, 0.3) is 0 Å². The van der Waals surface area contributed by atoms with Gasteiger partial charge in [-0.1, -0.05) is 48.5 Å². The molecule has 0 spiro atoms. The second-order valence-corrected chi connectivity index (χ2v) is 7.82. The molecule has 1 atom stereocenters. The highest BCUT2D eigenvalue weighted by atomic mass is 16.2. The molecule has 2 aromatic carbocycles. The fourth-order valence-corrected chi connectivity index (χ4v) is 3.86. The van der Waals surface area contributed by atoms with Gasteiger partial charge in [0, 0.05) is 24.2 Å². The van der Waals surface area contributed by atoms with Gasteiger partial charge in [0.05, 0.1) is 17.9 Å². The highest BCUT2D eigenvalue weighted by Gasteiger charge is 2.34. The van der Waals surface area contributed by atoms with Crippen molar-refractivity contribution in [2.45, 2.75) is 39.4 Å². The largest absolute Gasteiger partial charge is 0.368 e. The van der Waals surface area contributed by atoms with Gasteiger partial charge in [-0.15, -0.1) is 0 Å². The van der Waals surface area contributed by atoms with E-state index in [0.717, 1.165) is 22.5 Å². The van der Waals surface area contributed by atoms with Gasteiger partial charge in [-0.25, -0.2) is 0 Å². The smallest absolute Gasteiger partial charge is 0.267 e. The molecule has 164 valence electrons. The third kappa shape index (κ3) is 4.39. The van der Waals surface area contributed by atoms with E-state index in [1.54, 1.807) is 0 Å². The van der Waals surface area contributed by atoms with Gasteiger partial charge < -0.3 is 11.1 Å². The maximum Gasteiger partial charge on any atom is 0.267 e. The van der Waals surface area contributed by atoms with Gasteiger partial charge in [0.1, 0.15) is 11.8 Å². The molecule has 2 amide bonds. The molecule has 0 bridgehead atoms. The number of hydrazone groups is 1. The predicted molar refractivity (Wildman–Crippen MR) is 123 cm³/mol. The minimum Gasteiger partial charge on any atom is -0.368 e. The summed E-state index contributed by atoms with van der Waals surface area (Å²) in [6.45, 7) is 4.93. The molecule has 0 saturated heterocycles. The Kier molecular flexibility index (Phi) is 6.02. The maximum atomic E-state index is 12.8. The third-order valence-electron chi connectivity index (χ3n) is 5.65. The molecule has 32 heavy (non-hydrogen) atoms. The van der Waals surface area contributed by atoms with Gasteiger partial charge in [0.15, 0.2) is 0 Å². The summed E-state index contributed by atoms with van der Waals surface area (Å²) in [6.07, 6.45) is 0.168. The fourth-order valence-electron chi connectivity index (χ4n) is 3.86. The first-order valence-electron chi connectivity index (χ1n) is 10.5. The van der Waals surface area contributed by atoms with Gasteiger partial charge in [-0.2, -0.15) is 10.2 Å². The minimum absolute atomic E-state index is 0.168. The zero-order valence-electron chi connectivity index (χ0n) is 18.2. The number of carbonyl (C=O) groups is 2. The molecular weight excluding hydrogens is 404 g/mol. The van der Waals surface area contributed by atoms with Crippen LogP contribution in [0.4, 0.5) is 5.69 Å². The van der Waals surface area contributed by atoms with E-state index in [-0.39, 0.29) is 18.0 Å². The Bertz CT molecular complexity index is 1150. The van der Waals surface area contributed by atoms with Crippen LogP contribution in [0.2, 0.25) is 0 Å². The van der Waals surface area contributed by atoms with Gasteiger partial charge in [0.25, 0.3) is 5.91 Å². The Morgan fingerprint density at radius 1 is 1.06 bits per heavy atom. The van der Waals surface area contributed by atoms with Crippen LogP contribution in [0.1, 0.15) is 28.9 Å². The zero-order chi connectivity index (χ0) is 22.7. The highest BCUT2D eigenvalue weighted by molar-refractivity contribution is 6.40. The molecule has 8 nitrogen and oxygen atoms in total. The van der Waals surface area contributed by atoms with Crippen LogP contribution in [-0.2, 0) is 22.7 Å². The zero-order valence-corrected chi connectivity index (χ0v) is 18.2. The maximum absolute atomic E-state index is 12.8. The molecule has 8 heteroatoms. The Morgan fingerprint density at radius 2 is 1.72 bits per heavy atom. The molecule has 2 heterocycles. The van der Waals surface area contributed by atoms with Crippen molar-refractivity contribution in [3.8, 4) is 0 Å². The summed E-state index contributed by atoms with van der Waals surface area (Å²) < 4.78 is 1.94. The number of nitrogens with two attached hydrogens (primary N) is 1. The Balaban J connectivity index is 1.46. The number of nitrogens with one attached hydrogen (secondary N) is 1. The van der Waals surface area contributed by atoms with E-state index in [1.165, 1.54) is 5.01 Å². The van der Waals surface area contributed by atoms with Crippen molar-refractivity contribution in [2.24, 2.45) is 10.8 Å². The van der Waals surface area contributed by atoms with E-state index in [4.69, 9.17) is 5.73 Å². The monoisotopic (exact) mass is 430 g/mol. The number of anilines is 1. The van der Waals surface area contributed by atoms with E-state index in [1.807, 2.05) is 67.1 Å². The van der Waals surface area contributed by atoms with Crippen LogP contribution in [-0.4, -0.2) is 33.3 Å². The molecule has 0 fully saturated rings. The lowest BCUT2D eigenvalue weighted by Crippen LogP contribution is -2.39. The van der Waals surface area contributed by atoms with Crippen LogP contribution >= 0.6 is 0 Å². The predicted octanol–water partition coefficient (Wildman–Crippen LogP) is 2.28. The second-order valence-electron chi connectivity index (χ2n) is 7.82. The van der Waals surface area contributed by atoms with E-state index in [0.29, 0.717) is 18.8 Å². The summed E-state index contributed by atoms with van der Waals surface area (Å²) in [4.78, 5) is 24.8. The lowest BCUT2D eigenvalue weighted by molar-refractivity contribution is -0.119. The Labute approximate surface area is 186 Å². The fraction of sp³-hybridized carbons (Fsp3) is 0.250. The molecule has 0 saturated carbocycles. The van der Waals surface area contributed by atoms with Crippen LogP contribution < -0.4 is 16.1 Å². The van der Waals surface area contributed by atoms with Crippen LogP contribution in [0, 0.1) is 13.8 Å². The van der Waals surface area contributed by atoms with Crippen LogP contribution in [0.3, 0.4) is 0 Å². The lowest BCUT2D eigenvalue weighted by atomic mass is 10.1. The number of rotatable bonds is 7. The molecule has 3 N–H and O–H groups in total. The quantitative estimate of drug-likeness (QED) is 0.600. The number of benzene rings is 2. The summed E-state index contributed by atoms with van der Waals surface area (Å²) in [5.41, 5.74) is 10.6. The number of hydrogen-bond donors (Lipinski definition) is 2. The average molecular weight is 431 g/mol. The number of carbonyl (C=O) groups excluding carboxylic acids is 2. The van der Waals surface area contributed by atoms with E-state index in [2.05, 4.69) is 27.6 Å². The highest BCUT2D eigenvalue weighted by Crippen LogP contribution is 2.24. The molecule has 1 aliphatic rings. The van der Waals surface area contributed by atoms with Crippen LogP contribution in [0.15, 0.2) is 65.8 Å². The van der Waals surface area contributed by atoms with Crippen molar-refractivity contribution >= 4 is 23.2 Å². The SMILES string of the molecule is Cc1nn(Cc2ccccc2)c(C)c1CNC(=O)C1=NN(c2ccccc2)[C@@H](C(N)=O)C1. The summed E-state index contributed by atoms with van der Waals surface area (Å²) in [5, 5.41) is 13.5. The Morgan fingerprint density at radius 3 is 2.38 bits per heavy atom. The number of para-hydroxylation sites is 1. The van der Waals surface area contributed by atoms with Crippen molar-refractivity contribution < 1.29 is 9.59 Å². The molecule has 0 radical (unpaired) electrons. The average Bonchev–Trinajstić information content (AvgIpc) is 3.36. The van der Waals surface area contributed by atoms with E-state index < -0.39 is 11.9 Å². The van der Waals surface area contributed by atoms with Gasteiger partial charge in [-0.05, 0) is 31.5 Å². The van der Waals surface area contributed by atoms with Crippen LogP contribution in [0.5, 0.6) is 0 Å². The first kappa shape index (κ1) is 21.3. The number of aryl methyl sites for hydroxylation is 1. The number of hydrogen-bond acceptors (Lipinski definition) is 5. The van der Waals surface area contributed by atoms with Crippen molar-refractivity contribution in [3.05, 3.63) is 83.2 Å². The third-order valence-corrected chi connectivity index (χ3v) is 5.65. The van der Waals surface area contributed by atoms with Crippen molar-refractivity contribution in [2.75, 3.05) is 5.01 Å². The summed E-state index contributed by atoms with van der Waals surface area (Å²) in [5.74, 6) is -0.835. The minimum atomic E-state index is -0.685. The van der Waals surface area contributed by atoms with Crippen molar-refractivity contribution in [1.29, 1.82) is 0 Å². The summed E-state index contributed by atoms with van der Waals surface area (Å²) in [7, 11) is 0. The standard InChI is InChI=1S/C24H26N6O2/c1-16-20(17(2)29(27-16)15-18-9-5-3-6-10-18)14-26-24(32)21-13-22(23(25)31)30(28-21)19-11-7-4-8-12-19/h3-12,22H,13-15H2,1-2H3,(H2,25,31)(H,26,32)/t22-/m1/s1. The number of aromatic nitrogens is 2. The molecule has 4 rings (SSSR count). The lowest BCUT2D eigenvalue weighted by Gasteiger charge is -2.20. The molecule has 0 aliphatic carbocycles. The number of nitrogens with zero attached hydrogens (tertiary/aromatic N) is 4. The molecule has 3 aromatic rings. The first-order valence-corrected chi connectivity index (χ1v) is 10.5. The first-order chi connectivity index (χ1) is 15.4. The normalized spacial score (nSPS) is 15.5. The van der Waals surface area contributed by atoms with Gasteiger partial charge >= 0.3 is 0 Å². The molecular formula is C24H26N6O2.